The van der Waals surface area contributed by atoms with Crippen LogP contribution < -0.4 is 4.74 Å². The average Bonchev–Trinajstić information content (AvgIpc) is 2.83. The van der Waals surface area contributed by atoms with Crippen molar-refractivity contribution < 1.29 is 4.74 Å². The molecule has 0 aliphatic rings. The van der Waals surface area contributed by atoms with E-state index in [0.717, 1.165) is 5.75 Å². The lowest BCUT2D eigenvalue weighted by atomic mass is 10.2. The molecule has 0 amide bonds. The van der Waals surface area contributed by atoms with Gasteiger partial charge in [0.25, 0.3) is 0 Å². The molecule has 0 radical (unpaired) electrons. The van der Waals surface area contributed by atoms with Crippen molar-refractivity contribution in [2.24, 2.45) is 0 Å². The second-order valence-corrected chi connectivity index (χ2v) is 5.09. The SMILES string of the molecule is COc1cccc(Sc2c[nH]c3ccccc23)c1. The van der Waals surface area contributed by atoms with Crippen LogP contribution in [0, 0.1) is 0 Å². The molecule has 0 fully saturated rings. The molecule has 18 heavy (non-hydrogen) atoms. The Kier molecular flexibility index (Phi) is 2.99. The number of hydrogen-bond acceptors (Lipinski definition) is 2. The van der Waals surface area contributed by atoms with E-state index in [1.54, 1.807) is 18.9 Å². The van der Waals surface area contributed by atoms with Gasteiger partial charge in [-0.25, -0.2) is 0 Å². The number of para-hydroxylation sites is 1. The van der Waals surface area contributed by atoms with Gasteiger partial charge in [0.15, 0.2) is 0 Å². The van der Waals surface area contributed by atoms with Gasteiger partial charge < -0.3 is 9.72 Å². The molecule has 0 unspecified atom stereocenters. The van der Waals surface area contributed by atoms with Gasteiger partial charge in [0, 0.05) is 26.9 Å². The molecule has 0 saturated heterocycles. The number of rotatable bonds is 3. The third kappa shape index (κ3) is 2.09. The van der Waals surface area contributed by atoms with E-state index in [1.165, 1.54) is 20.7 Å². The monoisotopic (exact) mass is 255 g/mol. The molecule has 0 aliphatic carbocycles. The van der Waals surface area contributed by atoms with Gasteiger partial charge in [-0.1, -0.05) is 36.0 Å². The summed E-state index contributed by atoms with van der Waals surface area (Å²) in [6.07, 6.45) is 2.05. The minimum absolute atomic E-state index is 0.889. The number of aromatic amines is 1. The Morgan fingerprint density at radius 2 is 1.94 bits per heavy atom. The van der Waals surface area contributed by atoms with Gasteiger partial charge in [-0.2, -0.15) is 0 Å². The third-order valence-electron chi connectivity index (χ3n) is 2.82. The van der Waals surface area contributed by atoms with Crippen LogP contribution in [-0.2, 0) is 0 Å². The molecule has 0 bridgehead atoms. The Balaban J connectivity index is 1.96. The molecule has 1 N–H and O–H groups in total. The number of fused-ring (bicyclic) bond motifs is 1. The number of H-pyrrole nitrogens is 1. The molecule has 3 heteroatoms. The summed E-state index contributed by atoms with van der Waals surface area (Å²) in [5.74, 6) is 0.889. The lowest BCUT2D eigenvalue weighted by Gasteiger charge is -2.03. The molecule has 2 aromatic carbocycles. The third-order valence-corrected chi connectivity index (χ3v) is 3.87. The zero-order valence-electron chi connectivity index (χ0n) is 10.0. The highest BCUT2D eigenvalue weighted by Crippen LogP contribution is 2.34. The zero-order chi connectivity index (χ0) is 12.4. The number of ether oxygens (including phenoxy) is 1. The average molecular weight is 255 g/mol. The molecule has 0 aliphatic heterocycles. The van der Waals surface area contributed by atoms with E-state index in [1.807, 2.05) is 24.3 Å². The van der Waals surface area contributed by atoms with Gasteiger partial charge in [-0.05, 0) is 24.3 Å². The second-order valence-electron chi connectivity index (χ2n) is 3.98. The fourth-order valence-electron chi connectivity index (χ4n) is 1.92. The van der Waals surface area contributed by atoms with E-state index in [0.29, 0.717) is 0 Å². The van der Waals surface area contributed by atoms with Crippen LogP contribution in [0.1, 0.15) is 0 Å². The molecule has 0 atom stereocenters. The summed E-state index contributed by atoms with van der Waals surface area (Å²) >= 11 is 1.74. The van der Waals surface area contributed by atoms with Crippen LogP contribution in [0.4, 0.5) is 0 Å². The van der Waals surface area contributed by atoms with Gasteiger partial charge >= 0.3 is 0 Å². The van der Waals surface area contributed by atoms with Crippen LogP contribution >= 0.6 is 11.8 Å². The van der Waals surface area contributed by atoms with Crippen LogP contribution in [-0.4, -0.2) is 12.1 Å². The standard InChI is InChI=1S/C15H13NOS/c1-17-11-5-4-6-12(9-11)18-15-10-16-14-8-3-2-7-13(14)15/h2-10,16H,1H3. The van der Waals surface area contributed by atoms with E-state index in [-0.39, 0.29) is 0 Å². The summed E-state index contributed by atoms with van der Waals surface area (Å²) < 4.78 is 5.24. The summed E-state index contributed by atoms with van der Waals surface area (Å²) in [6, 6.07) is 16.4. The van der Waals surface area contributed by atoms with Gasteiger partial charge in [0.05, 0.1) is 7.11 Å². The fraction of sp³-hybridized carbons (Fsp3) is 0.0667. The van der Waals surface area contributed by atoms with Gasteiger partial charge in [-0.15, -0.1) is 0 Å². The highest BCUT2D eigenvalue weighted by molar-refractivity contribution is 7.99. The van der Waals surface area contributed by atoms with E-state index in [2.05, 4.69) is 35.4 Å². The molecular weight excluding hydrogens is 242 g/mol. The molecule has 2 nitrogen and oxygen atoms in total. The maximum absolute atomic E-state index is 5.24. The van der Waals surface area contributed by atoms with Crippen molar-refractivity contribution in [2.45, 2.75) is 9.79 Å². The van der Waals surface area contributed by atoms with E-state index >= 15 is 0 Å². The quantitative estimate of drug-likeness (QED) is 0.753. The highest BCUT2D eigenvalue weighted by Gasteiger charge is 2.05. The van der Waals surface area contributed by atoms with Gasteiger partial charge in [0.2, 0.25) is 0 Å². The maximum Gasteiger partial charge on any atom is 0.119 e. The predicted molar refractivity (Wildman–Crippen MR) is 75.4 cm³/mol. The summed E-state index contributed by atoms with van der Waals surface area (Å²) in [6.45, 7) is 0. The topological polar surface area (TPSA) is 25.0 Å². The largest absolute Gasteiger partial charge is 0.497 e. The molecular formula is C15H13NOS. The Morgan fingerprint density at radius 3 is 2.83 bits per heavy atom. The van der Waals surface area contributed by atoms with Crippen molar-refractivity contribution in [3.8, 4) is 5.75 Å². The summed E-state index contributed by atoms with van der Waals surface area (Å²) in [7, 11) is 1.69. The first kappa shape index (κ1) is 11.2. The number of hydrogen-bond donors (Lipinski definition) is 1. The Morgan fingerprint density at radius 1 is 1.06 bits per heavy atom. The molecule has 3 rings (SSSR count). The minimum atomic E-state index is 0.889. The van der Waals surface area contributed by atoms with Crippen molar-refractivity contribution in [3.05, 3.63) is 54.7 Å². The fourth-order valence-corrected chi connectivity index (χ4v) is 2.90. The molecule has 1 aromatic heterocycles. The van der Waals surface area contributed by atoms with Crippen molar-refractivity contribution in [3.63, 3.8) is 0 Å². The van der Waals surface area contributed by atoms with Crippen molar-refractivity contribution >= 4 is 22.7 Å². The molecule has 1 heterocycles. The van der Waals surface area contributed by atoms with Crippen LogP contribution in [0.25, 0.3) is 10.9 Å². The summed E-state index contributed by atoms with van der Waals surface area (Å²) in [5.41, 5.74) is 1.17. The Hall–Kier alpha value is -1.87. The number of methoxy groups -OCH3 is 1. The lowest BCUT2D eigenvalue weighted by Crippen LogP contribution is -1.81. The zero-order valence-corrected chi connectivity index (χ0v) is 10.8. The molecule has 0 spiro atoms. The van der Waals surface area contributed by atoms with Gasteiger partial charge in [0.1, 0.15) is 5.75 Å². The van der Waals surface area contributed by atoms with Crippen LogP contribution in [0.15, 0.2) is 64.5 Å². The van der Waals surface area contributed by atoms with Crippen molar-refractivity contribution in [1.29, 1.82) is 0 Å². The first-order chi connectivity index (χ1) is 8.86. The summed E-state index contributed by atoms with van der Waals surface area (Å²) in [4.78, 5) is 5.70. The van der Waals surface area contributed by atoms with Crippen molar-refractivity contribution in [1.82, 2.24) is 4.98 Å². The number of aromatic nitrogens is 1. The minimum Gasteiger partial charge on any atom is -0.497 e. The maximum atomic E-state index is 5.24. The molecule has 3 aromatic rings. The van der Waals surface area contributed by atoms with Crippen LogP contribution in [0.5, 0.6) is 5.75 Å². The normalized spacial score (nSPS) is 10.7. The highest BCUT2D eigenvalue weighted by atomic mass is 32.2. The van der Waals surface area contributed by atoms with E-state index < -0.39 is 0 Å². The second kappa shape index (κ2) is 4.78. The smallest absolute Gasteiger partial charge is 0.119 e. The lowest BCUT2D eigenvalue weighted by molar-refractivity contribution is 0.413. The number of nitrogens with one attached hydrogen (secondary N) is 1. The number of benzene rings is 2. The molecule has 0 saturated carbocycles. The van der Waals surface area contributed by atoms with Crippen molar-refractivity contribution in [2.75, 3.05) is 7.11 Å². The predicted octanol–water partition coefficient (Wildman–Crippen LogP) is 4.33. The van der Waals surface area contributed by atoms with Crippen LogP contribution in [0.2, 0.25) is 0 Å². The first-order valence-electron chi connectivity index (χ1n) is 5.75. The van der Waals surface area contributed by atoms with Crippen LogP contribution in [0.3, 0.4) is 0 Å². The van der Waals surface area contributed by atoms with Gasteiger partial charge in [-0.3, -0.25) is 0 Å². The van der Waals surface area contributed by atoms with E-state index in [9.17, 15) is 0 Å². The Bertz CT molecular complexity index is 675. The first-order valence-corrected chi connectivity index (χ1v) is 6.56. The molecule has 90 valence electrons. The van der Waals surface area contributed by atoms with E-state index in [4.69, 9.17) is 4.74 Å². The Labute approximate surface area is 110 Å². The summed E-state index contributed by atoms with van der Waals surface area (Å²) in [5, 5.41) is 1.25.